The van der Waals surface area contributed by atoms with Gasteiger partial charge in [0.2, 0.25) is 5.76 Å². The molecule has 2 aromatic rings. The van der Waals surface area contributed by atoms with E-state index in [4.69, 9.17) is 9.52 Å². The molecule has 0 aliphatic heterocycles. The molecule has 1 N–H and O–H groups in total. The summed E-state index contributed by atoms with van der Waals surface area (Å²) >= 11 is 0. The van der Waals surface area contributed by atoms with Gasteiger partial charge in [0.1, 0.15) is 5.58 Å². The molecule has 0 bridgehead atoms. The van der Waals surface area contributed by atoms with Crippen molar-refractivity contribution in [1.82, 2.24) is 0 Å². The lowest BCUT2D eigenvalue weighted by Crippen LogP contribution is -2.03. The standard InChI is InChI=1S/C10H5F3O3/c11-10(12,13)6-2-1-5-3-8(9(14)15)16-7(5)4-6/h1-4H,(H,14,15). The Morgan fingerprint density at radius 2 is 1.94 bits per heavy atom. The summed E-state index contributed by atoms with van der Waals surface area (Å²) in [5.74, 6) is -1.70. The first-order chi connectivity index (χ1) is 7.38. The molecule has 0 saturated heterocycles. The van der Waals surface area contributed by atoms with Gasteiger partial charge >= 0.3 is 12.1 Å². The Bertz CT molecular complexity index is 554. The first-order valence-corrected chi connectivity index (χ1v) is 4.22. The molecule has 0 fully saturated rings. The number of carbonyl (C=O) groups is 1. The van der Waals surface area contributed by atoms with Gasteiger partial charge in [0.25, 0.3) is 0 Å². The Balaban J connectivity index is 2.58. The Morgan fingerprint density at radius 3 is 2.50 bits per heavy atom. The number of carboxylic acid groups (broad SMARTS) is 1. The van der Waals surface area contributed by atoms with Gasteiger partial charge in [-0.3, -0.25) is 0 Å². The van der Waals surface area contributed by atoms with E-state index in [2.05, 4.69) is 0 Å². The summed E-state index contributed by atoms with van der Waals surface area (Å²) in [6, 6.07) is 4.01. The van der Waals surface area contributed by atoms with E-state index in [0.29, 0.717) is 5.39 Å². The fourth-order valence-corrected chi connectivity index (χ4v) is 1.31. The van der Waals surface area contributed by atoms with Crippen LogP contribution in [0.15, 0.2) is 28.7 Å². The second kappa shape index (κ2) is 3.26. The van der Waals surface area contributed by atoms with Crippen LogP contribution < -0.4 is 0 Å². The van der Waals surface area contributed by atoms with Crippen molar-refractivity contribution in [2.75, 3.05) is 0 Å². The van der Waals surface area contributed by atoms with Gasteiger partial charge in [-0.15, -0.1) is 0 Å². The molecule has 16 heavy (non-hydrogen) atoms. The van der Waals surface area contributed by atoms with Crippen LogP contribution >= 0.6 is 0 Å². The Kier molecular flexibility index (Phi) is 2.15. The summed E-state index contributed by atoms with van der Waals surface area (Å²) in [7, 11) is 0. The Labute approximate surface area is 87.1 Å². The first-order valence-electron chi connectivity index (χ1n) is 4.22. The Hall–Kier alpha value is -1.98. The van der Waals surface area contributed by atoms with Crippen LogP contribution in [0, 0.1) is 0 Å². The molecule has 0 amide bonds. The second-order valence-electron chi connectivity index (χ2n) is 3.17. The number of alkyl halides is 3. The second-order valence-corrected chi connectivity index (χ2v) is 3.17. The van der Waals surface area contributed by atoms with Crippen LogP contribution in [0.5, 0.6) is 0 Å². The predicted molar refractivity (Wildman–Crippen MR) is 48.2 cm³/mol. The normalized spacial score (nSPS) is 11.9. The highest BCUT2D eigenvalue weighted by Crippen LogP contribution is 2.32. The van der Waals surface area contributed by atoms with E-state index in [0.717, 1.165) is 12.1 Å². The number of benzene rings is 1. The molecular formula is C10H5F3O3. The van der Waals surface area contributed by atoms with Gasteiger partial charge in [-0.1, -0.05) is 6.07 Å². The highest BCUT2D eigenvalue weighted by molar-refractivity contribution is 5.91. The fraction of sp³-hybridized carbons (Fsp3) is 0.100. The summed E-state index contributed by atoms with van der Waals surface area (Å²) in [5.41, 5.74) is -0.960. The van der Waals surface area contributed by atoms with Gasteiger partial charge in [-0.2, -0.15) is 13.2 Å². The number of rotatable bonds is 1. The molecular weight excluding hydrogens is 225 g/mol. The minimum absolute atomic E-state index is 0.0905. The monoisotopic (exact) mass is 230 g/mol. The van der Waals surface area contributed by atoms with Crippen LogP contribution in [0.3, 0.4) is 0 Å². The van der Waals surface area contributed by atoms with Crippen LogP contribution in [-0.4, -0.2) is 11.1 Å². The molecule has 1 aromatic carbocycles. The van der Waals surface area contributed by atoms with E-state index >= 15 is 0 Å². The van der Waals surface area contributed by atoms with Gasteiger partial charge in [0.05, 0.1) is 5.56 Å². The molecule has 1 heterocycles. The number of halogens is 3. The zero-order valence-electron chi connectivity index (χ0n) is 7.71. The van der Waals surface area contributed by atoms with Crippen molar-refractivity contribution in [3.05, 3.63) is 35.6 Å². The molecule has 0 saturated carbocycles. The molecule has 6 heteroatoms. The topological polar surface area (TPSA) is 50.4 Å². The molecule has 0 aliphatic rings. The zero-order valence-corrected chi connectivity index (χ0v) is 7.71. The number of hydrogen-bond acceptors (Lipinski definition) is 2. The summed E-state index contributed by atoms with van der Waals surface area (Å²) in [5, 5.41) is 8.92. The van der Waals surface area contributed by atoms with E-state index in [9.17, 15) is 18.0 Å². The molecule has 0 aliphatic carbocycles. The predicted octanol–water partition coefficient (Wildman–Crippen LogP) is 3.15. The lowest BCUT2D eigenvalue weighted by atomic mass is 10.1. The quantitative estimate of drug-likeness (QED) is 0.818. The van der Waals surface area contributed by atoms with E-state index in [1.165, 1.54) is 12.1 Å². The molecule has 0 unspecified atom stereocenters. The van der Waals surface area contributed by atoms with Gasteiger partial charge in [0, 0.05) is 5.39 Å². The van der Waals surface area contributed by atoms with Gasteiger partial charge in [-0.05, 0) is 18.2 Å². The SMILES string of the molecule is O=C(O)c1cc2ccc(C(F)(F)F)cc2o1. The summed E-state index contributed by atoms with van der Waals surface area (Å²) in [6.45, 7) is 0. The molecule has 2 rings (SSSR count). The number of fused-ring (bicyclic) bond motifs is 1. The minimum atomic E-state index is -4.47. The van der Waals surface area contributed by atoms with Crippen molar-refractivity contribution in [2.45, 2.75) is 6.18 Å². The van der Waals surface area contributed by atoms with Crippen LogP contribution in [-0.2, 0) is 6.18 Å². The van der Waals surface area contributed by atoms with E-state index in [1.54, 1.807) is 0 Å². The number of carboxylic acids is 1. The lowest BCUT2D eigenvalue weighted by Gasteiger charge is -2.04. The van der Waals surface area contributed by atoms with Crippen molar-refractivity contribution in [3.8, 4) is 0 Å². The molecule has 0 spiro atoms. The zero-order chi connectivity index (χ0) is 11.9. The minimum Gasteiger partial charge on any atom is -0.475 e. The average Bonchev–Trinajstić information content (AvgIpc) is 2.58. The summed E-state index contributed by atoms with van der Waals surface area (Å²) in [6.07, 6.45) is -4.47. The molecule has 0 atom stereocenters. The third-order valence-corrected chi connectivity index (χ3v) is 2.06. The van der Waals surface area contributed by atoms with Gasteiger partial charge in [-0.25, -0.2) is 4.79 Å². The fourth-order valence-electron chi connectivity index (χ4n) is 1.31. The van der Waals surface area contributed by atoms with Crippen LogP contribution in [0.2, 0.25) is 0 Å². The number of aromatic carboxylic acids is 1. The van der Waals surface area contributed by atoms with E-state index in [1.807, 2.05) is 0 Å². The molecule has 3 nitrogen and oxygen atoms in total. The van der Waals surface area contributed by atoms with E-state index in [-0.39, 0.29) is 11.3 Å². The summed E-state index contributed by atoms with van der Waals surface area (Å²) < 4.78 is 41.7. The largest absolute Gasteiger partial charge is 0.475 e. The van der Waals surface area contributed by atoms with Crippen molar-refractivity contribution >= 4 is 16.9 Å². The van der Waals surface area contributed by atoms with Crippen molar-refractivity contribution in [2.24, 2.45) is 0 Å². The average molecular weight is 230 g/mol. The van der Waals surface area contributed by atoms with E-state index < -0.39 is 17.7 Å². The molecule has 1 aromatic heterocycles. The van der Waals surface area contributed by atoms with Crippen LogP contribution in [0.4, 0.5) is 13.2 Å². The molecule has 84 valence electrons. The third-order valence-electron chi connectivity index (χ3n) is 2.06. The van der Waals surface area contributed by atoms with Crippen LogP contribution in [0.25, 0.3) is 11.0 Å². The maximum absolute atomic E-state index is 12.3. The maximum atomic E-state index is 12.3. The van der Waals surface area contributed by atoms with Gasteiger partial charge in [0.15, 0.2) is 0 Å². The third kappa shape index (κ3) is 1.73. The number of hydrogen-bond donors (Lipinski definition) is 1. The highest BCUT2D eigenvalue weighted by atomic mass is 19.4. The maximum Gasteiger partial charge on any atom is 0.416 e. The Morgan fingerprint density at radius 1 is 1.25 bits per heavy atom. The number of furan rings is 1. The highest BCUT2D eigenvalue weighted by Gasteiger charge is 2.31. The lowest BCUT2D eigenvalue weighted by molar-refractivity contribution is -0.137. The molecule has 0 radical (unpaired) electrons. The first kappa shape index (κ1) is 10.5. The summed E-state index contributed by atoms with van der Waals surface area (Å²) in [4.78, 5) is 10.5. The smallest absolute Gasteiger partial charge is 0.416 e. The van der Waals surface area contributed by atoms with Crippen molar-refractivity contribution in [1.29, 1.82) is 0 Å². The van der Waals surface area contributed by atoms with Crippen molar-refractivity contribution < 1.29 is 27.5 Å². The van der Waals surface area contributed by atoms with Crippen molar-refractivity contribution in [3.63, 3.8) is 0 Å². The van der Waals surface area contributed by atoms with Gasteiger partial charge < -0.3 is 9.52 Å². The van der Waals surface area contributed by atoms with Crippen LogP contribution in [0.1, 0.15) is 16.1 Å².